The van der Waals surface area contributed by atoms with E-state index >= 15 is 0 Å². The van der Waals surface area contributed by atoms with Crippen molar-refractivity contribution in [2.45, 2.75) is 19.4 Å². The molecular weight excluding hydrogens is 168 g/mol. The highest BCUT2D eigenvalue weighted by atomic mass is 16.4. The van der Waals surface area contributed by atoms with Crippen LogP contribution in [0.15, 0.2) is 0 Å². The Bertz CT molecular complexity index is 143. The summed E-state index contributed by atoms with van der Waals surface area (Å²) in [5.41, 5.74) is 0. The van der Waals surface area contributed by atoms with E-state index < -0.39 is 24.5 Å². The highest BCUT2D eigenvalue weighted by Crippen LogP contribution is 1.89. The van der Waals surface area contributed by atoms with Crippen molar-refractivity contribution >= 4 is 11.9 Å². The SMILES string of the molecule is CCO.O=C(O)CC(O)C(=O)O. The van der Waals surface area contributed by atoms with Gasteiger partial charge in [-0.3, -0.25) is 4.79 Å². The first kappa shape index (κ1) is 13.4. The molecule has 0 amide bonds. The van der Waals surface area contributed by atoms with Crippen molar-refractivity contribution in [1.29, 1.82) is 0 Å². The van der Waals surface area contributed by atoms with Crippen molar-refractivity contribution in [3.8, 4) is 0 Å². The molecule has 0 aromatic heterocycles. The van der Waals surface area contributed by atoms with Gasteiger partial charge in [-0.2, -0.15) is 0 Å². The predicted octanol–water partition coefficient (Wildman–Crippen LogP) is -1.09. The fraction of sp³-hybridized carbons (Fsp3) is 0.667. The highest BCUT2D eigenvalue weighted by Gasteiger charge is 2.16. The molecule has 1 unspecified atom stereocenters. The molecule has 12 heavy (non-hydrogen) atoms. The normalized spacial score (nSPS) is 10.9. The molecule has 0 radical (unpaired) electrons. The minimum absolute atomic E-state index is 0.250. The van der Waals surface area contributed by atoms with Gasteiger partial charge in [0.2, 0.25) is 0 Å². The van der Waals surface area contributed by atoms with Crippen LogP contribution in [0.1, 0.15) is 13.3 Å². The van der Waals surface area contributed by atoms with Gasteiger partial charge in [0.1, 0.15) is 0 Å². The zero-order valence-corrected chi connectivity index (χ0v) is 6.60. The molecule has 6 heteroatoms. The van der Waals surface area contributed by atoms with Gasteiger partial charge in [0.15, 0.2) is 6.10 Å². The van der Waals surface area contributed by atoms with Crippen LogP contribution >= 0.6 is 0 Å². The minimum Gasteiger partial charge on any atom is -0.481 e. The van der Waals surface area contributed by atoms with Crippen molar-refractivity contribution < 1.29 is 30.0 Å². The zero-order valence-electron chi connectivity index (χ0n) is 6.60. The molecule has 0 aliphatic rings. The third kappa shape index (κ3) is 11.6. The second kappa shape index (κ2) is 7.96. The van der Waals surface area contributed by atoms with Crippen molar-refractivity contribution in [3.05, 3.63) is 0 Å². The topological polar surface area (TPSA) is 115 Å². The minimum atomic E-state index is -1.79. The van der Waals surface area contributed by atoms with Crippen LogP contribution < -0.4 is 0 Å². The number of carbonyl (C=O) groups is 2. The first-order valence-electron chi connectivity index (χ1n) is 3.19. The van der Waals surface area contributed by atoms with E-state index in [1.165, 1.54) is 0 Å². The molecule has 0 heterocycles. The molecule has 6 nitrogen and oxygen atoms in total. The van der Waals surface area contributed by atoms with Gasteiger partial charge in [0.05, 0.1) is 6.42 Å². The summed E-state index contributed by atoms with van der Waals surface area (Å²) in [7, 11) is 0. The Kier molecular flexibility index (Phi) is 8.92. The van der Waals surface area contributed by atoms with Crippen LogP contribution in [0.3, 0.4) is 0 Å². The summed E-state index contributed by atoms with van der Waals surface area (Å²) in [5.74, 6) is -2.85. The Morgan fingerprint density at radius 1 is 1.33 bits per heavy atom. The molecule has 0 fully saturated rings. The fourth-order valence-electron chi connectivity index (χ4n) is 0.253. The number of aliphatic carboxylic acids is 2. The van der Waals surface area contributed by atoms with Crippen molar-refractivity contribution in [2.75, 3.05) is 6.61 Å². The van der Waals surface area contributed by atoms with E-state index in [0.29, 0.717) is 0 Å². The molecule has 0 aliphatic heterocycles. The van der Waals surface area contributed by atoms with Gasteiger partial charge in [-0.05, 0) is 6.92 Å². The summed E-state index contributed by atoms with van der Waals surface area (Å²) < 4.78 is 0. The average molecular weight is 180 g/mol. The summed E-state index contributed by atoms with van der Waals surface area (Å²) in [5, 5.41) is 31.7. The van der Waals surface area contributed by atoms with Gasteiger partial charge in [0, 0.05) is 6.61 Å². The average Bonchev–Trinajstić information content (AvgIpc) is 1.87. The second-order valence-corrected chi connectivity index (χ2v) is 1.77. The molecule has 0 aromatic carbocycles. The number of rotatable bonds is 3. The third-order valence-electron chi connectivity index (χ3n) is 0.653. The fourth-order valence-corrected chi connectivity index (χ4v) is 0.253. The lowest BCUT2D eigenvalue weighted by Gasteiger charge is -1.97. The molecule has 4 N–H and O–H groups in total. The van der Waals surface area contributed by atoms with Gasteiger partial charge in [0.25, 0.3) is 0 Å². The zero-order chi connectivity index (χ0) is 10.1. The molecule has 72 valence electrons. The summed E-state index contributed by atoms with van der Waals surface area (Å²) in [4.78, 5) is 19.4. The van der Waals surface area contributed by atoms with Crippen LogP contribution in [0.5, 0.6) is 0 Å². The lowest BCUT2D eigenvalue weighted by atomic mass is 10.3. The van der Waals surface area contributed by atoms with Crippen LogP contribution in [-0.4, -0.2) is 45.1 Å². The molecule has 0 saturated carbocycles. The van der Waals surface area contributed by atoms with E-state index in [-0.39, 0.29) is 6.61 Å². The van der Waals surface area contributed by atoms with Crippen LogP contribution in [0.2, 0.25) is 0 Å². The second-order valence-electron chi connectivity index (χ2n) is 1.77. The van der Waals surface area contributed by atoms with Crippen LogP contribution in [0.25, 0.3) is 0 Å². The summed E-state index contributed by atoms with van der Waals surface area (Å²) in [6.45, 7) is 1.93. The molecule has 0 bridgehead atoms. The maximum Gasteiger partial charge on any atom is 0.333 e. The Morgan fingerprint density at radius 3 is 1.75 bits per heavy atom. The van der Waals surface area contributed by atoms with Gasteiger partial charge in [-0.1, -0.05) is 0 Å². The Balaban J connectivity index is 0. The van der Waals surface area contributed by atoms with Gasteiger partial charge in [-0.15, -0.1) is 0 Å². The number of aliphatic hydroxyl groups excluding tert-OH is 2. The lowest BCUT2D eigenvalue weighted by Crippen LogP contribution is -2.22. The maximum absolute atomic E-state index is 9.72. The summed E-state index contributed by atoms with van der Waals surface area (Å²) in [6, 6.07) is 0. The molecule has 0 saturated heterocycles. The lowest BCUT2D eigenvalue weighted by molar-refractivity contribution is -0.152. The number of hydrogen-bond acceptors (Lipinski definition) is 4. The first-order valence-corrected chi connectivity index (χ1v) is 3.19. The van der Waals surface area contributed by atoms with E-state index in [9.17, 15) is 9.59 Å². The number of hydrogen-bond donors (Lipinski definition) is 4. The predicted molar refractivity (Wildman–Crippen MR) is 38.7 cm³/mol. The highest BCUT2D eigenvalue weighted by molar-refractivity contribution is 5.79. The third-order valence-corrected chi connectivity index (χ3v) is 0.653. The number of carboxylic acids is 2. The first-order chi connectivity index (χ1) is 5.45. The van der Waals surface area contributed by atoms with E-state index in [1.807, 2.05) is 0 Å². The molecule has 0 aliphatic carbocycles. The number of carboxylic acid groups (broad SMARTS) is 2. The molecule has 0 aromatic rings. The monoisotopic (exact) mass is 180 g/mol. The van der Waals surface area contributed by atoms with Crippen LogP contribution in [0, 0.1) is 0 Å². The molecule has 0 rings (SSSR count). The molecule has 1 atom stereocenters. The van der Waals surface area contributed by atoms with E-state index in [0.717, 1.165) is 0 Å². The Hall–Kier alpha value is -1.14. The largest absolute Gasteiger partial charge is 0.481 e. The van der Waals surface area contributed by atoms with Gasteiger partial charge >= 0.3 is 11.9 Å². The van der Waals surface area contributed by atoms with Crippen molar-refractivity contribution in [1.82, 2.24) is 0 Å². The Labute approximate surface area is 69.1 Å². The van der Waals surface area contributed by atoms with Crippen LogP contribution in [0.4, 0.5) is 0 Å². The quantitative estimate of drug-likeness (QED) is 0.438. The Morgan fingerprint density at radius 2 is 1.67 bits per heavy atom. The van der Waals surface area contributed by atoms with Crippen molar-refractivity contribution in [3.63, 3.8) is 0 Å². The summed E-state index contributed by atoms with van der Waals surface area (Å²) >= 11 is 0. The summed E-state index contributed by atoms with van der Waals surface area (Å²) in [6.07, 6.45) is -2.54. The molecular formula is C6H12O6. The van der Waals surface area contributed by atoms with Crippen molar-refractivity contribution in [2.24, 2.45) is 0 Å². The van der Waals surface area contributed by atoms with Crippen LogP contribution in [-0.2, 0) is 9.59 Å². The molecule has 0 spiro atoms. The number of aliphatic hydroxyl groups is 2. The smallest absolute Gasteiger partial charge is 0.333 e. The standard InChI is InChI=1S/C4H6O5.C2H6O/c5-2(4(8)9)1-3(6)7;1-2-3/h2,5H,1H2,(H,6,7)(H,8,9);3H,2H2,1H3. The van der Waals surface area contributed by atoms with Gasteiger partial charge in [-0.25, -0.2) is 4.79 Å². The van der Waals surface area contributed by atoms with Gasteiger partial charge < -0.3 is 20.4 Å². The van der Waals surface area contributed by atoms with E-state index in [2.05, 4.69) is 0 Å². The van der Waals surface area contributed by atoms with E-state index in [4.69, 9.17) is 20.4 Å². The van der Waals surface area contributed by atoms with E-state index in [1.54, 1.807) is 6.92 Å². The maximum atomic E-state index is 9.72.